The van der Waals surface area contributed by atoms with E-state index in [0.29, 0.717) is 11.6 Å². The van der Waals surface area contributed by atoms with Gasteiger partial charge in [-0.3, -0.25) is 0 Å². The van der Waals surface area contributed by atoms with Crippen LogP contribution in [0.1, 0.15) is 5.56 Å². The number of aryl methyl sites for hydroxylation is 1. The Bertz CT molecular complexity index is 517. The van der Waals surface area contributed by atoms with Crippen molar-refractivity contribution in [1.29, 1.82) is 0 Å². The van der Waals surface area contributed by atoms with Crippen LogP contribution in [0.25, 0.3) is 0 Å². The lowest BCUT2D eigenvalue weighted by Gasteiger charge is -2.06. The molecule has 0 amide bonds. The standard InChI is InChI=1S/C11H8Br2N2O/c1-7-5-8(6-15-10(7)13)16-11-9(12)3-2-4-14-11/h2-6H,1H3. The van der Waals surface area contributed by atoms with Gasteiger partial charge in [-0.25, -0.2) is 9.97 Å². The van der Waals surface area contributed by atoms with Crippen LogP contribution in [0, 0.1) is 6.92 Å². The summed E-state index contributed by atoms with van der Waals surface area (Å²) >= 11 is 6.71. The van der Waals surface area contributed by atoms with Gasteiger partial charge in [0.25, 0.3) is 0 Å². The first-order chi connectivity index (χ1) is 7.66. The summed E-state index contributed by atoms with van der Waals surface area (Å²) in [5.41, 5.74) is 1.02. The zero-order valence-electron chi connectivity index (χ0n) is 8.45. The number of hydrogen-bond donors (Lipinski definition) is 0. The smallest absolute Gasteiger partial charge is 0.233 e. The van der Waals surface area contributed by atoms with E-state index in [1.54, 1.807) is 12.4 Å². The highest BCUT2D eigenvalue weighted by Gasteiger charge is 2.05. The van der Waals surface area contributed by atoms with E-state index in [2.05, 4.69) is 41.8 Å². The van der Waals surface area contributed by atoms with Crippen molar-refractivity contribution in [3.05, 3.63) is 45.2 Å². The Kier molecular flexibility index (Phi) is 3.56. The van der Waals surface area contributed by atoms with Crippen LogP contribution in [0.3, 0.4) is 0 Å². The molecular formula is C11H8Br2N2O. The third-order valence-corrected chi connectivity index (χ3v) is 3.36. The molecule has 2 heterocycles. The fourth-order valence-electron chi connectivity index (χ4n) is 1.15. The number of aromatic nitrogens is 2. The minimum absolute atomic E-state index is 0.533. The largest absolute Gasteiger partial charge is 0.436 e. The van der Waals surface area contributed by atoms with Gasteiger partial charge in [0.1, 0.15) is 10.4 Å². The van der Waals surface area contributed by atoms with Gasteiger partial charge < -0.3 is 4.74 Å². The number of pyridine rings is 2. The van der Waals surface area contributed by atoms with E-state index < -0.39 is 0 Å². The predicted octanol–water partition coefficient (Wildman–Crippen LogP) is 4.10. The van der Waals surface area contributed by atoms with Crippen LogP contribution in [-0.2, 0) is 0 Å². The summed E-state index contributed by atoms with van der Waals surface area (Å²) in [5, 5.41) is 0. The Hall–Kier alpha value is -0.940. The molecule has 0 fully saturated rings. The van der Waals surface area contributed by atoms with E-state index in [1.165, 1.54) is 0 Å². The molecule has 0 saturated carbocycles. The zero-order chi connectivity index (χ0) is 11.5. The molecule has 0 aromatic carbocycles. The number of hydrogen-bond acceptors (Lipinski definition) is 3. The van der Waals surface area contributed by atoms with Crippen molar-refractivity contribution < 1.29 is 4.74 Å². The summed E-state index contributed by atoms with van der Waals surface area (Å²) in [7, 11) is 0. The van der Waals surface area contributed by atoms with Crippen LogP contribution in [0.4, 0.5) is 0 Å². The molecule has 82 valence electrons. The Morgan fingerprint density at radius 3 is 2.75 bits per heavy atom. The molecular weight excluding hydrogens is 336 g/mol. The first kappa shape index (κ1) is 11.5. The number of halogens is 2. The van der Waals surface area contributed by atoms with Gasteiger partial charge in [0.15, 0.2) is 0 Å². The first-order valence-electron chi connectivity index (χ1n) is 4.57. The summed E-state index contributed by atoms with van der Waals surface area (Å²) in [4.78, 5) is 8.27. The molecule has 2 rings (SSSR count). The average Bonchev–Trinajstić information content (AvgIpc) is 2.27. The summed E-state index contributed by atoms with van der Waals surface area (Å²) in [6.45, 7) is 1.96. The van der Waals surface area contributed by atoms with E-state index in [-0.39, 0.29) is 0 Å². The summed E-state index contributed by atoms with van der Waals surface area (Å²) in [6.07, 6.45) is 3.33. The maximum Gasteiger partial charge on any atom is 0.233 e. The van der Waals surface area contributed by atoms with Crippen molar-refractivity contribution in [2.45, 2.75) is 6.92 Å². The SMILES string of the molecule is Cc1cc(Oc2ncccc2Br)cnc1Br. The second-order valence-electron chi connectivity index (χ2n) is 3.17. The van der Waals surface area contributed by atoms with Crippen molar-refractivity contribution in [2.75, 3.05) is 0 Å². The maximum atomic E-state index is 5.60. The normalized spacial score (nSPS) is 10.2. The monoisotopic (exact) mass is 342 g/mol. The van der Waals surface area contributed by atoms with Crippen LogP contribution < -0.4 is 4.74 Å². The van der Waals surface area contributed by atoms with Crippen LogP contribution in [0.15, 0.2) is 39.7 Å². The molecule has 0 aliphatic rings. The van der Waals surface area contributed by atoms with Gasteiger partial charge in [0, 0.05) is 6.20 Å². The van der Waals surface area contributed by atoms with Gasteiger partial charge >= 0.3 is 0 Å². The lowest BCUT2D eigenvalue weighted by molar-refractivity contribution is 0.457. The van der Waals surface area contributed by atoms with Gasteiger partial charge in [-0.1, -0.05) is 0 Å². The Labute approximate surface area is 110 Å². The highest BCUT2D eigenvalue weighted by Crippen LogP contribution is 2.27. The van der Waals surface area contributed by atoms with Gasteiger partial charge in [-0.05, 0) is 62.5 Å². The lowest BCUT2D eigenvalue weighted by atomic mass is 10.3. The second-order valence-corrected chi connectivity index (χ2v) is 4.78. The Morgan fingerprint density at radius 1 is 1.25 bits per heavy atom. The summed E-state index contributed by atoms with van der Waals surface area (Å²) in [6, 6.07) is 5.61. The highest BCUT2D eigenvalue weighted by atomic mass is 79.9. The van der Waals surface area contributed by atoms with Gasteiger partial charge in [-0.2, -0.15) is 0 Å². The number of ether oxygens (including phenoxy) is 1. The molecule has 5 heteroatoms. The van der Waals surface area contributed by atoms with Gasteiger partial charge in [0.05, 0.1) is 10.7 Å². The van der Waals surface area contributed by atoms with Crippen LogP contribution >= 0.6 is 31.9 Å². The number of rotatable bonds is 2. The second kappa shape index (κ2) is 4.93. The molecule has 0 unspecified atom stereocenters. The van der Waals surface area contributed by atoms with Crippen molar-refractivity contribution in [3.63, 3.8) is 0 Å². The fraction of sp³-hybridized carbons (Fsp3) is 0.0909. The molecule has 2 aromatic rings. The van der Waals surface area contributed by atoms with Gasteiger partial charge in [0.2, 0.25) is 5.88 Å². The van der Waals surface area contributed by atoms with Crippen LogP contribution in [0.2, 0.25) is 0 Å². The molecule has 0 atom stereocenters. The van der Waals surface area contributed by atoms with Crippen molar-refractivity contribution >= 4 is 31.9 Å². The molecule has 0 bridgehead atoms. The minimum Gasteiger partial charge on any atom is -0.436 e. The van der Waals surface area contributed by atoms with Crippen LogP contribution in [0.5, 0.6) is 11.6 Å². The van der Waals surface area contributed by atoms with E-state index in [0.717, 1.165) is 14.6 Å². The number of nitrogens with zero attached hydrogens (tertiary/aromatic N) is 2. The first-order valence-corrected chi connectivity index (χ1v) is 6.16. The molecule has 0 spiro atoms. The van der Waals surface area contributed by atoms with E-state index in [4.69, 9.17) is 4.74 Å². The van der Waals surface area contributed by atoms with E-state index >= 15 is 0 Å². The van der Waals surface area contributed by atoms with Gasteiger partial charge in [-0.15, -0.1) is 0 Å². The summed E-state index contributed by atoms with van der Waals surface area (Å²) < 4.78 is 7.24. The van der Waals surface area contributed by atoms with Crippen molar-refractivity contribution in [3.8, 4) is 11.6 Å². The topological polar surface area (TPSA) is 35.0 Å². The molecule has 3 nitrogen and oxygen atoms in total. The third-order valence-electron chi connectivity index (χ3n) is 1.93. The molecule has 0 aliphatic heterocycles. The van der Waals surface area contributed by atoms with Crippen molar-refractivity contribution in [2.24, 2.45) is 0 Å². The lowest BCUT2D eigenvalue weighted by Crippen LogP contribution is -1.91. The predicted molar refractivity (Wildman–Crippen MR) is 68.7 cm³/mol. The van der Waals surface area contributed by atoms with Crippen LogP contribution in [-0.4, -0.2) is 9.97 Å². The molecule has 2 aromatic heterocycles. The third kappa shape index (κ3) is 2.59. The molecule has 0 radical (unpaired) electrons. The average molecular weight is 344 g/mol. The molecule has 0 aliphatic carbocycles. The Balaban J connectivity index is 2.28. The van der Waals surface area contributed by atoms with E-state index in [1.807, 2.05) is 25.1 Å². The summed E-state index contributed by atoms with van der Waals surface area (Å²) in [5.74, 6) is 1.20. The Morgan fingerprint density at radius 2 is 2.06 bits per heavy atom. The fourth-order valence-corrected chi connectivity index (χ4v) is 1.70. The van der Waals surface area contributed by atoms with E-state index in [9.17, 15) is 0 Å². The van der Waals surface area contributed by atoms with Crippen molar-refractivity contribution in [1.82, 2.24) is 9.97 Å². The quantitative estimate of drug-likeness (QED) is 0.770. The molecule has 0 saturated heterocycles. The molecule has 0 N–H and O–H groups in total. The minimum atomic E-state index is 0.533. The molecule has 16 heavy (non-hydrogen) atoms. The maximum absolute atomic E-state index is 5.60. The highest BCUT2D eigenvalue weighted by molar-refractivity contribution is 9.10. The zero-order valence-corrected chi connectivity index (χ0v) is 11.6.